The third-order valence-corrected chi connectivity index (χ3v) is 3.18. The van der Waals surface area contributed by atoms with Crippen molar-refractivity contribution >= 4 is 22.8 Å². The maximum atomic E-state index is 12.0. The average molecular weight is 275 g/mol. The number of aromatic hydroxyl groups is 1. The molecule has 3 nitrogen and oxygen atoms in total. The molecule has 0 aliphatic rings. The second-order valence-electron chi connectivity index (χ2n) is 4.67. The minimum Gasteiger partial charge on any atom is -0.508 e. The third kappa shape index (κ3) is 2.98. The number of hydrogen-bond acceptors (Lipinski definition) is 3. The van der Waals surface area contributed by atoms with Crippen LogP contribution in [0.3, 0.4) is 0 Å². The van der Waals surface area contributed by atoms with Crippen molar-refractivity contribution in [3.05, 3.63) is 78.0 Å². The van der Waals surface area contributed by atoms with Crippen molar-refractivity contribution in [2.75, 3.05) is 0 Å². The molecule has 0 unspecified atom stereocenters. The maximum absolute atomic E-state index is 12.0. The van der Waals surface area contributed by atoms with Crippen LogP contribution in [0.1, 0.15) is 16.1 Å². The second-order valence-corrected chi connectivity index (χ2v) is 4.67. The van der Waals surface area contributed by atoms with E-state index in [1.54, 1.807) is 18.2 Å². The van der Waals surface area contributed by atoms with E-state index in [4.69, 9.17) is 0 Å². The Balaban J connectivity index is 1.83. The first kappa shape index (κ1) is 13.1. The van der Waals surface area contributed by atoms with Crippen LogP contribution in [0.2, 0.25) is 0 Å². The summed E-state index contributed by atoms with van der Waals surface area (Å²) in [4.78, 5) is 16.5. The monoisotopic (exact) mass is 275 g/mol. The minimum atomic E-state index is -0.120. The molecule has 0 saturated carbocycles. The minimum absolute atomic E-state index is 0.120. The van der Waals surface area contributed by atoms with Crippen LogP contribution >= 0.6 is 0 Å². The molecule has 3 rings (SSSR count). The van der Waals surface area contributed by atoms with Crippen molar-refractivity contribution in [3.63, 3.8) is 0 Å². The molecule has 21 heavy (non-hydrogen) atoms. The summed E-state index contributed by atoms with van der Waals surface area (Å²) < 4.78 is 0. The first-order valence-corrected chi connectivity index (χ1v) is 6.60. The van der Waals surface area contributed by atoms with Gasteiger partial charge in [-0.05, 0) is 48.6 Å². The van der Waals surface area contributed by atoms with Crippen LogP contribution in [0.15, 0.2) is 66.7 Å². The molecular weight excluding hydrogens is 262 g/mol. The first-order chi connectivity index (χ1) is 10.2. The van der Waals surface area contributed by atoms with Gasteiger partial charge in [0, 0.05) is 10.9 Å². The van der Waals surface area contributed by atoms with Crippen LogP contribution in [0, 0.1) is 0 Å². The Bertz CT molecular complexity index is 820. The van der Waals surface area contributed by atoms with E-state index < -0.39 is 0 Å². The first-order valence-electron chi connectivity index (χ1n) is 6.60. The number of ketones is 1. The van der Waals surface area contributed by atoms with Gasteiger partial charge in [-0.3, -0.25) is 4.79 Å². The predicted octanol–water partition coefficient (Wildman–Crippen LogP) is 3.84. The number of phenols is 1. The summed E-state index contributed by atoms with van der Waals surface area (Å²) in [5.74, 6) is 0.0247. The molecule has 0 bridgehead atoms. The lowest BCUT2D eigenvalue weighted by Crippen LogP contribution is -1.93. The highest BCUT2D eigenvalue weighted by atomic mass is 16.3. The molecule has 0 fully saturated rings. The van der Waals surface area contributed by atoms with Gasteiger partial charge in [-0.25, -0.2) is 4.98 Å². The lowest BCUT2D eigenvalue weighted by atomic mass is 10.1. The number of pyridine rings is 1. The highest BCUT2D eigenvalue weighted by molar-refractivity contribution is 6.06. The zero-order valence-corrected chi connectivity index (χ0v) is 11.2. The van der Waals surface area contributed by atoms with Gasteiger partial charge in [0.2, 0.25) is 0 Å². The fourth-order valence-corrected chi connectivity index (χ4v) is 2.06. The molecule has 0 aliphatic heterocycles. The number of rotatable bonds is 3. The Morgan fingerprint density at radius 1 is 0.952 bits per heavy atom. The highest BCUT2D eigenvalue weighted by Crippen LogP contribution is 2.14. The molecule has 2 aromatic carbocycles. The molecule has 3 heteroatoms. The molecule has 1 heterocycles. The van der Waals surface area contributed by atoms with E-state index in [1.165, 1.54) is 18.2 Å². The van der Waals surface area contributed by atoms with Crippen molar-refractivity contribution in [2.45, 2.75) is 0 Å². The van der Waals surface area contributed by atoms with Gasteiger partial charge in [0.05, 0.1) is 11.2 Å². The second kappa shape index (κ2) is 5.59. The third-order valence-electron chi connectivity index (χ3n) is 3.18. The quantitative estimate of drug-likeness (QED) is 0.583. The molecule has 0 atom stereocenters. The van der Waals surface area contributed by atoms with Gasteiger partial charge < -0.3 is 5.11 Å². The van der Waals surface area contributed by atoms with Gasteiger partial charge >= 0.3 is 0 Å². The molecule has 1 aromatic heterocycles. The molecule has 0 saturated heterocycles. The Morgan fingerprint density at radius 2 is 1.71 bits per heavy atom. The smallest absolute Gasteiger partial charge is 0.185 e. The zero-order valence-electron chi connectivity index (χ0n) is 11.2. The van der Waals surface area contributed by atoms with Crippen molar-refractivity contribution in [2.24, 2.45) is 0 Å². The predicted molar refractivity (Wildman–Crippen MR) is 83.2 cm³/mol. The number of phenolic OH excluding ortho intramolecular Hbond substituents is 1. The number of hydrogen-bond donors (Lipinski definition) is 1. The summed E-state index contributed by atoms with van der Waals surface area (Å²) in [7, 11) is 0. The number of benzene rings is 2. The highest BCUT2D eigenvalue weighted by Gasteiger charge is 2.01. The molecular formula is C18H13NO2. The van der Waals surface area contributed by atoms with Crippen LogP contribution in [0.5, 0.6) is 5.75 Å². The van der Waals surface area contributed by atoms with Crippen LogP contribution < -0.4 is 0 Å². The number of nitrogens with zero attached hydrogens (tertiary/aromatic N) is 1. The van der Waals surface area contributed by atoms with Crippen LogP contribution in [-0.4, -0.2) is 15.9 Å². The van der Waals surface area contributed by atoms with Gasteiger partial charge in [-0.1, -0.05) is 24.3 Å². The van der Waals surface area contributed by atoms with E-state index in [0.717, 1.165) is 16.6 Å². The van der Waals surface area contributed by atoms with E-state index in [1.807, 2.05) is 36.4 Å². The molecule has 0 amide bonds. The van der Waals surface area contributed by atoms with E-state index >= 15 is 0 Å². The Morgan fingerprint density at radius 3 is 2.52 bits per heavy atom. The van der Waals surface area contributed by atoms with Gasteiger partial charge in [-0.15, -0.1) is 0 Å². The Kier molecular flexibility index (Phi) is 3.48. The van der Waals surface area contributed by atoms with Crippen molar-refractivity contribution < 1.29 is 9.90 Å². The Hall–Kier alpha value is -2.94. The molecule has 3 aromatic rings. The van der Waals surface area contributed by atoms with Gasteiger partial charge in [0.1, 0.15) is 5.75 Å². The number of para-hydroxylation sites is 1. The van der Waals surface area contributed by atoms with Gasteiger partial charge in [-0.2, -0.15) is 0 Å². The van der Waals surface area contributed by atoms with Crippen molar-refractivity contribution in [1.82, 2.24) is 4.98 Å². The van der Waals surface area contributed by atoms with Crippen LogP contribution in [0.4, 0.5) is 0 Å². The van der Waals surface area contributed by atoms with E-state index in [-0.39, 0.29) is 11.5 Å². The van der Waals surface area contributed by atoms with Gasteiger partial charge in [0.15, 0.2) is 5.78 Å². The number of carbonyl (C=O) groups is 1. The molecule has 0 spiro atoms. The van der Waals surface area contributed by atoms with E-state index in [2.05, 4.69) is 4.98 Å². The topological polar surface area (TPSA) is 50.2 Å². The standard InChI is InChI=1S/C18H13NO2/c20-16-10-6-14(7-11-16)18(21)12-9-15-8-5-13-3-1-2-4-17(13)19-15/h1-12,20H/b12-9+. The van der Waals surface area contributed by atoms with Crippen molar-refractivity contribution in [3.8, 4) is 5.75 Å². The van der Waals surface area contributed by atoms with E-state index in [0.29, 0.717) is 5.56 Å². The van der Waals surface area contributed by atoms with Crippen molar-refractivity contribution in [1.29, 1.82) is 0 Å². The van der Waals surface area contributed by atoms with Gasteiger partial charge in [0.25, 0.3) is 0 Å². The van der Waals surface area contributed by atoms with Crippen LogP contribution in [-0.2, 0) is 0 Å². The lowest BCUT2D eigenvalue weighted by molar-refractivity contribution is 0.104. The molecule has 102 valence electrons. The SMILES string of the molecule is O=C(/C=C/c1ccc2ccccc2n1)c1ccc(O)cc1. The molecule has 0 aliphatic carbocycles. The summed E-state index contributed by atoms with van der Waals surface area (Å²) in [5.41, 5.74) is 2.17. The summed E-state index contributed by atoms with van der Waals surface area (Å²) in [6.45, 7) is 0. The number of allylic oxidation sites excluding steroid dienone is 1. The summed E-state index contributed by atoms with van der Waals surface area (Å²) >= 11 is 0. The largest absolute Gasteiger partial charge is 0.508 e. The van der Waals surface area contributed by atoms with E-state index in [9.17, 15) is 9.90 Å². The fraction of sp³-hybridized carbons (Fsp3) is 0. The lowest BCUT2D eigenvalue weighted by Gasteiger charge is -1.99. The average Bonchev–Trinajstić information content (AvgIpc) is 2.53. The molecule has 0 radical (unpaired) electrons. The summed E-state index contributed by atoms with van der Waals surface area (Å²) in [6.07, 6.45) is 3.19. The zero-order chi connectivity index (χ0) is 14.7. The Labute approximate surface area is 122 Å². The summed E-state index contributed by atoms with van der Waals surface area (Å²) in [6, 6.07) is 17.9. The fourth-order valence-electron chi connectivity index (χ4n) is 2.06. The number of carbonyl (C=O) groups excluding carboxylic acids is 1. The number of fused-ring (bicyclic) bond motifs is 1. The maximum Gasteiger partial charge on any atom is 0.185 e. The summed E-state index contributed by atoms with van der Waals surface area (Å²) in [5, 5.41) is 10.3. The molecule has 1 N–H and O–H groups in total. The number of aromatic nitrogens is 1. The van der Waals surface area contributed by atoms with Crippen LogP contribution in [0.25, 0.3) is 17.0 Å². The normalized spacial score (nSPS) is 11.0.